The Morgan fingerprint density at radius 3 is 2.41 bits per heavy atom. The molecule has 4 atom stereocenters. The number of nitrogens with zero attached hydrogens (tertiary/aromatic N) is 3. The molecule has 0 aliphatic carbocycles. The number of halogens is 1. The Hall–Kier alpha value is -6.71. The maximum atomic E-state index is 14.9. The molecule has 6 rings (SSSR count). The van der Waals surface area contributed by atoms with Crippen molar-refractivity contribution in [1.29, 1.82) is 0 Å². The number of benzene rings is 1. The van der Waals surface area contributed by atoms with Gasteiger partial charge in [-0.05, 0) is 70.2 Å². The summed E-state index contributed by atoms with van der Waals surface area (Å²) >= 11 is 0. The minimum absolute atomic E-state index is 0.0442. The number of aliphatic hydroxyl groups is 1. The van der Waals surface area contributed by atoms with E-state index in [4.69, 9.17) is 14.5 Å². The van der Waals surface area contributed by atoms with Crippen molar-refractivity contribution >= 4 is 58.6 Å². The normalized spacial score (nSPS) is 17.9. The number of amides is 6. The summed E-state index contributed by atoms with van der Waals surface area (Å²) in [6, 6.07) is 2.34. The van der Waals surface area contributed by atoms with Crippen molar-refractivity contribution in [3.8, 4) is 11.4 Å². The third kappa shape index (κ3) is 10.4. The maximum Gasteiger partial charge on any atom is 0.343 e. The monoisotopic (exact) mass is 916 g/mol. The van der Waals surface area contributed by atoms with E-state index < -0.39 is 70.8 Å². The number of carbonyl (C=O) groups excluding carboxylic acids is 8. The second-order valence-electron chi connectivity index (χ2n) is 16.9. The number of imide groups is 1. The third-order valence-corrected chi connectivity index (χ3v) is 11.9. The topological polar surface area (TPSA) is 274 Å². The van der Waals surface area contributed by atoms with Gasteiger partial charge in [0.15, 0.2) is 5.60 Å². The quantitative estimate of drug-likeness (QED) is 0.0216. The predicted molar refractivity (Wildman–Crippen MR) is 232 cm³/mol. The van der Waals surface area contributed by atoms with Crippen LogP contribution in [0.4, 0.5) is 4.39 Å². The molecular formula is C45H53FN8O12. The zero-order valence-electron chi connectivity index (χ0n) is 37.3. The van der Waals surface area contributed by atoms with Gasteiger partial charge >= 0.3 is 5.97 Å². The Morgan fingerprint density at radius 1 is 1.00 bits per heavy atom. The van der Waals surface area contributed by atoms with E-state index in [1.165, 1.54) is 43.6 Å². The summed E-state index contributed by atoms with van der Waals surface area (Å²) in [6.45, 7) is 6.65. The van der Waals surface area contributed by atoms with Gasteiger partial charge in [0.1, 0.15) is 42.9 Å². The zero-order valence-corrected chi connectivity index (χ0v) is 37.3. The van der Waals surface area contributed by atoms with Crippen LogP contribution in [0.1, 0.15) is 87.6 Å². The summed E-state index contributed by atoms with van der Waals surface area (Å²) in [6.07, 6.45) is 4.55. The Balaban J connectivity index is 0.964. The smallest absolute Gasteiger partial charge is 0.343 e. The van der Waals surface area contributed by atoms with Crippen molar-refractivity contribution < 1.29 is 57.3 Å². The van der Waals surface area contributed by atoms with Crippen LogP contribution in [0.2, 0.25) is 0 Å². The Kier molecular flexibility index (Phi) is 14.9. The largest absolute Gasteiger partial charge is 0.458 e. The van der Waals surface area contributed by atoms with Crippen LogP contribution in [0, 0.1) is 12.7 Å². The van der Waals surface area contributed by atoms with Gasteiger partial charge in [0.05, 0.1) is 35.7 Å². The number of ether oxygens (including phenoxy) is 2. The van der Waals surface area contributed by atoms with Crippen molar-refractivity contribution in [2.45, 2.75) is 110 Å². The molecule has 0 radical (unpaired) electrons. The summed E-state index contributed by atoms with van der Waals surface area (Å²) in [5.41, 5.74) is -1.30. The SMILES string of the molecule is CC[C@@]1(O)C(=O)OCc2c1cc1n(c2=O)Cc2c-1nc1cc(F)c(C)cc1c2CNC(=O)COCNC[C@@](C)(C=O)NC(=O)[C@@H](C)NC(=O)[C@H](C)NC(=O)CCCCCN1C(=O)C=CC1=O. The maximum absolute atomic E-state index is 14.9. The molecule has 6 amide bonds. The number of nitrogens with one attached hydrogen (secondary N) is 5. The molecule has 0 unspecified atom stereocenters. The molecule has 21 heteroatoms. The summed E-state index contributed by atoms with van der Waals surface area (Å²) < 4.78 is 27.0. The molecule has 0 spiro atoms. The lowest BCUT2D eigenvalue weighted by Gasteiger charge is -2.31. The van der Waals surface area contributed by atoms with Crippen molar-refractivity contribution in [2.24, 2.45) is 0 Å². The highest BCUT2D eigenvalue weighted by Gasteiger charge is 2.45. The van der Waals surface area contributed by atoms with Gasteiger partial charge in [-0.2, -0.15) is 0 Å². The van der Waals surface area contributed by atoms with Crippen molar-refractivity contribution in [3.05, 3.63) is 74.3 Å². The second-order valence-corrected chi connectivity index (χ2v) is 16.9. The average Bonchev–Trinajstić information content (AvgIpc) is 3.81. The second kappa shape index (κ2) is 20.2. The lowest BCUT2D eigenvalue weighted by molar-refractivity contribution is -0.172. The van der Waals surface area contributed by atoms with Crippen molar-refractivity contribution in [1.82, 2.24) is 41.0 Å². The van der Waals surface area contributed by atoms with Gasteiger partial charge in [0, 0.05) is 60.8 Å². The van der Waals surface area contributed by atoms with Gasteiger partial charge in [-0.15, -0.1) is 0 Å². The number of aromatic nitrogens is 2. The lowest BCUT2D eigenvalue weighted by Crippen LogP contribution is -2.59. The molecule has 3 aliphatic rings. The van der Waals surface area contributed by atoms with Crippen LogP contribution in [0.5, 0.6) is 0 Å². The van der Waals surface area contributed by atoms with E-state index in [9.17, 15) is 52.6 Å². The molecule has 0 fully saturated rings. The summed E-state index contributed by atoms with van der Waals surface area (Å²) in [5.74, 6) is -4.36. The van der Waals surface area contributed by atoms with E-state index >= 15 is 0 Å². The van der Waals surface area contributed by atoms with Gasteiger partial charge in [0.2, 0.25) is 23.6 Å². The molecule has 0 saturated heterocycles. The fourth-order valence-corrected chi connectivity index (χ4v) is 7.93. The molecule has 3 aromatic rings. The van der Waals surface area contributed by atoms with E-state index in [0.717, 1.165) is 4.90 Å². The zero-order chi connectivity index (χ0) is 48.1. The number of aldehydes is 1. The van der Waals surface area contributed by atoms with Crippen LogP contribution in [0.3, 0.4) is 0 Å². The molecule has 3 aliphatic heterocycles. The number of pyridine rings is 2. The fourth-order valence-electron chi connectivity index (χ4n) is 7.93. The van der Waals surface area contributed by atoms with Gasteiger partial charge in [-0.1, -0.05) is 13.3 Å². The highest BCUT2D eigenvalue weighted by atomic mass is 19.1. The fraction of sp³-hybridized carbons (Fsp3) is 0.467. The standard InChI is InChI=1S/C45H53FN8O12/c1-6-45(64)31-15-34-39-29(18-54(34)42(62)30(31)19-66-43(45)63)28(27-14-24(2)32(46)16-33(27)51-39)17-48-36(57)20-65-23-47-21-44(5,22-55)52-41(61)26(4)50-40(60)25(3)49-35(56)10-8-7-9-13-53-37(58)11-12-38(53)59/h11-12,14-16,22,25-26,47,64H,6-10,13,17-21,23H2,1-5H3,(H,48,57)(H,49,56)(H,50,60)(H,52,61)/t25-,26+,44-,45-/m0/s1. The minimum Gasteiger partial charge on any atom is -0.458 e. The van der Waals surface area contributed by atoms with Crippen molar-refractivity contribution in [3.63, 3.8) is 0 Å². The molecular weight excluding hydrogens is 864 g/mol. The lowest BCUT2D eigenvalue weighted by atomic mass is 9.86. The number of cyclic esters (lactones) is 1. The molecule has 0 saturated carbocycles. The highest BCUT2D eigenvalue weighted by molar-refractivity contribution is 6.12. The molecule has 1 aromatic carbocycles. The van der Waals surface area contributed by atoms with Crippen LogP contribution in [-0.2, 0) is 73.1 Å². The minimum atomic E-state index is -2.04. The van der Waals surface area contributed by atoms with Crippen LogP contribution in [0.25, 0.3) is 22.3 Å². The average molecular weight is 917 g/mol. The summed E-state index contributed by atoms with van der Waals surface area (Å²) in [7, 11) is 0. The first kappa shape index (κ1) is 48.7. The third-order valence-electron chi connectivity index (χ3n) is 11.9. The Bertz CT molecular complexity index is 2580. The number of hydrogen-bond acceptors (Lipinski definition) is 14. The van der Waals surface area contributed by atoms with Gasteiger partial charge in [0.25, 0.3) is 17.4 Å². The van der Waals surface area contributed by atoms with Gasteiger partial charge in [-0.25, -0.2) is 14.2 Å². The first-order valence-electron chi connectivity index (χ1n) is 21.6. The van der Waals surface area contributed by atoms with Crippen molar-refractivity contribution in [2.75, 3.05) is 26.4 Å². The van der Waals surface area contributed by atoms with Gasteiger partial charge < -0.3 is 45.2 Å². The van der Waals surface area contributed by atoms with Crippen LogP contribution in [0.15, 0.2) is 35.1 Å². The Labute approximate surface area is 378 Å². The molecule has 5 heterocycles. The molecule has 2 aromatic heterocycles. The van der Waals surface area contributed by atoms with Gasteiger partial charge in [-0.3, -0.25) is 43.8 Å². The van der Waals surface area contributed by atoms with E-state index in [1.54, 1.807) is 26.0 Å². The van der Waals surface area contributed by atoms with Crippen LogP contribution in [-0.4, -0.2) is 111 Å². The van der Waals surface area contributed by atoms with E-state index in [-0.39, 0.29) is 80.8 Å². The summed E-state index contributed by atoms with van der Waals surface area (Å²) in [5, 5.41) is 25.1. The summed E-state index contributed by atoms with van der Waals surface area (Å²) in [4.78, 5) is 119. The Morgan fingerprint density at radius 2 is 1.71 bits per heavy atom. The van der Waals surface area contributed by atoms with E-state index in [1.807, 2.05) is 0 Å². The van der Waals surface area contributed by atoms with Crippen LogP contribution >= 0.6 is 0 Å². The number of unbranched alkanes of at least 4 members (excludes halogenated alkanes) is 2. The molecule has 352 valence electrons. The first-order chi connectivity index (χ1) is 31.3. The van der Waals surface area contributed by atoms with Crippen LogP contribution < -0.4 is 32.1 Å². The van der Waals surface area contributed by atoms with E-state index in [2.05, 4.69) is 26.6 Å². The predicted octanol–water partition coefficient (Wildman–Crippen LogP) is 0.276. The molecule has 0 bridgehead atoms. The number of rotatable bonds is 21. The molecule has 6 N–H and O–H groups in total. The number of carbonyl (C=O) groups is 8. The van der Waals surface area contributed by atoms with E-state index in [0.29, 0.717) is 59.0 Å². The molecule has 66 heavy (non-hydrogen) atoms. The first-order valence-corrected chi connectivity index (χ1v) is 21.6. The number of hydrogen-bond donors (Lipinski definition) is 6. The number of fused-ring (bicyclic) bond motifs is 5. The molecule has 20 nitrogen and oxygen atoms in total. The highest BCUT2D eigenvalue weighted by Crippen LogP contribution is 2.40. The number of esters is 1. The number of aryl methyl sites for hydroxylation is 1.